The molecule has 0 saturated heterocycles. The van der Waals surface area contributed by atoms with Gasteiger partial charge in [0, 0.05) is 11.6 Å². The Morgan fingerprint density at radius 3 is 2.70 bits per heavy atom. The molecule has 5 nitrogen and oxygen atoms in total. The van der Waals surface area contributed by atoms with Crippen LogP contribution in [0.5, 0.6) is 0 Å². The Kier molecular flexibility index (Phi) is 3.71. The van der Waals surface area contributed by atoms with E-state index in [2.05, 4.69) is 25.3 Å². The van der Waals surface area contributed by atoms with E-state index in [9.17, 15) is 0 Å². The Labute approximate surface area is 125 Å². The minimum Gasteiger partial charge on any atom is -0.368 e. The van der Waals surface area contributed by atoms with E-state index in [1.165, 1.54) is 5.56 Å². The highest BCUT2D eigenvalue weighted by Crippen LogP contribution is 2.18. The van der Waals surface area contributed by atoms with Crippen molar-refractivity contribution in [2.75, 3.05) is 11.9 Å². The number of imidazole rings is 1. The van der Waals surface area contributed by atoms with Gasteiger partial charge in [0.1, 0.15) is 5.52 Å². The Hall–Kier alpha value is -1.85. The Balaban J connectivity index is 1.70. The molecular formula is C13H11Cl2N5. The summed E-state index contributed by atoms with van der Waals surface area (Å²) < 4.78 is 0. The van der Waals surface area contributed by atoms with E-state index in [1.54, 1.807) is 6.33 Å². The first-order valence-electron chi connectivity index (χ1n) is 6.07. The average molecular weight is 308 g/mol. The van der Waals surface area contributed by atoms with Gasteiger partial charge in [0.05, 0.1) is 6.33 Å². The molecule has 3 aromatic rings. The van der Waals surface area contributed by atoms with Crippen molar-refractivity contribution in [2.24, 2.45) is 0 Å². The monoisotopic (exact) mass is 307 g/mol. The van der Waals surface area contributed by atoms with Crippen LogP contribution >= 0.6 is 23.2 Å². The molecule has 2 aromatic heterocycles. The molecule has 0 atom stereocenters. The van der Waals surface area contributed by atoms with Crippen molar-refractivity contribution in [3.05, 3.63) is 46.5 Å². The second-order valence-corrected chi connectivity index (χ2v) is 5.02. The Morgan fingerprint density at radius 1 is 1.10 bits per heavy atom. The summed E-state index contributed by atoms with van der Waals surface area (Å²) >= 11 is 11.7. The zero-order chi connectivity index (χ0) is 13.9. The van der Waals surface area contributed by atoms with Crippen molar-refractivity contribution in [1.29, 1.82) is 0 Å². The van der Waals surface area contributed by atoms with Crippen molar-refractivity contribution < 1.29 is 0 Å². The summed E-state index contributed by atoms with van der Waals surface area (Å²) in [6.45, 7) is 0.725. The summed E-state index contributed by atoms with van der Waals surface area (Å²) in [6, 6.07) is 7.77. The van der Waals surface area contributed by atoms with Gasteiger partial charge in [-0.3, -0.25) is 0 Å². The lowest BCUT2D eigenvalue weighted by atomic mass is 10.1. The van der Waals surface area contributed by atoms with Crippen molar-refractivity contribution >= 4 is 40.2 Å². The van der Waals surface area contributed by atoms with E-state index in [1.807, 2.05) is 24.3 Å². The van der Waals surface area contributed by atoms with E-state index in [4.69, 9.17) is 23.2 Å². The molecule has 0 aliphatic carbocycles. The lowest BCUT2D eigenvalue weighted by molar-refractivity contribution is 1.00. The van der Waals surface area contributed by atoms with Crippen LogP contribution in [0.15, 0.2) is 30.6 Å². The Bertz CT molecular complexity index is 723. The predicted molar refractivity (Wildman–Crippen MR) is 80.3 cm³/mol. The summed E-state index contributed by atoms with van der Waals surface area (Å²) in [5.41, 5.74) is 2.51. The second-order valence-electron chi connectivity index (χ2n) is 4.25. The van der Waals surface area contributed by atoms with Crippen molar-refractivity contribution in [1.82, 2.24) is 19.9 Å². The van der Waals surface area contributed by atoms with Crippen LogP contribution in [0.25, 0.3) is 11.2 Å². The summed E-state index contributed by atoms with van der Waals surface area (Å²) in [5, 5.41) is 4.16. The van der Waals surface area contributed by atoms with Crippen LogP contribution in [0.2, 0.25) is 10.3 Å². The first-order valence-corrected chi connectivity index (χ1v) is 6.83. The highest BCUT2D eigenvalue weighted by atomic mass is 35.5. The first kappa shape index (κ1) is 13.1. The smallest absolute Gasteiger partial charge is 0.226 e. The maximum absolute atomic E-state index is 5.86. The van der Waals surface area contributed by atoms with Gasteiger partial charge in [-0.05, 0) is 35.7 Å². The van der Waals surface area contributed by atoms with Crippen molar-refractivity contribution in [2.45, 2.75) is 6.42 Å². The fraction of sp³-hybridized carbons (Fsp3) is 0.154. The third kappa shape index (κ3) is 2.84. The molecule has 0 unspecified atom stereocenters. The molecule has 0 radical (unpaired) electrons. The molecule has 7 heteroatoms. The molecule has 0 spiro atoms. The van der Waals surface area contributed by atoms with Crippen molar-refractivity contribution in [3.8, 4) is 0 Å². The second kappa shape index (κ2) is 5.64. The molecule has 0 saturated carbocycles. The molecule has 0 fully saturated rings. The van der Waals surface area contributed by atoms with Crippen molar-refractivity contribution in [3.63, 3.8) is 0 Å². The van der Waals surface area contributed by atoms with Crippen LogP contribution in [-0.4, -0.2) is 26.5 Å². The summed E-state index contributed by atoms with van der Waals surface area (Å²) in [5.74, 6) is 0.659. The van der Waals surface area contributed by atoms with Gasteiger partial charge < -0.3 is 10.3 Å². The molecule has 0 amide bonds. The van der Waals surface area contributed by atoms with Gasteiger partial charge in [0.2, 0.25) is 5.28 Å². The number of aromatic amines is 1. The topological polar surface area (TPSA) is 66.5 Å². The Morgan fingerprint density at radius 2 is 1.90 bits per heavy atom. The normalized spacial score (nSPS) is 10.9. The summed E-state index contributed by atoms with van der Waals surface area (Å²) in [6.07, 6.45) is 2.43. The quantitative estimate of drug-likeness (QED) is 0.726. The van der Waals surface area contributed by atoms with Crippen LogP contribution in [0, 0.1) is 0 Å². The van der Waals surface area contributed by atoms with Gasteiger partial charge in [-0.1, -0.05) is 23.7 Å². The van der Waals surface area contributed by atoms with Gasteiger partial charge >= 0.3 is 0 Å². The molecule has 20 heavy (non-hydrogen) atoms. The molecule has 0 aliphatic rings. The van der Waals surface area contributed by atoms with Crippen LogP contribution in [0.1, 0.15) is 5.56 Å². The lowest BCUT2D eigenvalue weighted by Gasteiger charge is -2.06. The minimum absolute atomic E-state index is 0.179. The number of H-pyrrole nitrogens is 1. The SMILES string of the molecule is Clc1ccc(CCNc2nc(Cl)nc3nc[nH]c23)cc1. The van der Waals surface area contributed by atoms with Gasteiger partial charge in [0.15, 0.2) is 11.5 Å². The number of hydrogen-bond acceptors (Lipinski definition) is 4. The molecular weight excluding hydrogens is 297 g/mol. The lowest BCUT2D eigenvalue weighted by Crippen LogP contribution is -2.07. The molecule has 0 bridgehead atoms. The van der Waals surface area contributed by atoms with E-state index in [0.717, 1.165) is 23.5 Å². The van der Waals surface area contributed by atoms with E-state index in [0.29, 0.717) is 11.5 Å². The fourth-order valence-corrected chi connectivity index (χ4v) is 2.20. The molecule has 3 rings (SSSR count). The number of aromatic nitrogens is 4. The van der Waals surface area contributed by atoms with Gasteiger partial charge in [0.25, 0.3) is 0 Å². The molecule has 1 aromatic carbocycles. The number of anilines is 1. The number of benzene rings is 1. The van der Waals surface area contributed by atoms with Gasteiger partial charge in [-0.2, -0.15) is 9.97 Å². The van der Waals surface area contributed by atoms with E-state index >= 15 is 0 Å². The summed E-state index contributed by atoms with van der Waals surface area (Å²) in [7, 11) is 0. The number of nitrogens with zero attached hydrogens (tertiary/aromatic N) is 3. The van der Waals surface area contributed by atoms with Gasteiger partial charge in [-0.25, -0.2) is 4.98 Å². The maximum atomic E-state index is 5.86. The maximum Gasteiger partial charge on any atom is 0.226 e. The van der Waals surface area contributed by atoms with Crippen LogP contribution in [-0.2, 0) is 6.42 Å². The number of fused-ring (bicyclic) bond motifs is 1. The third-order valence-electron chi connectivity index (χ3n) is 2.88. The molecule has 0 aliphatic heterocycles. The highest BCUT2D eigenvalue weighted by molar-refractivity contribution is 6.30. The zero-order valence-electron chi connectivity index (χ0n) is 10.4. The predicted octanol–water partition coefficient (Wildman–Crippen LogP) is 3.31. The number of nitrogens with one attached hydrogen (secondary N) is 2. The molecule has 2 heterocycles. The first-order chi connectivity index (χ1) is 9.72. The summed E-state index contributed by atoms with van der Waals surface area (Å²) in [4.78, 5) is 15.3. The van der Waals surface area contributed by atoms with Crippen LogP contribution in [0.3, 0.4) is 0 Å². The number of halogens is 2. The molecule has 2 N–H and O–H groups in total. The zero-order valence-corrected chi connectivity index (χ0v) is 11.9. The minimum atomic E-state index is 0.179. The van der Waals surface area contributed by atoms with Crippen LogP contribution < -0.4 is 5.32 Å². The third-order valence-corrected chi connectivity index (χ3v) is 3.30. The average Bonchev–Trinajstić information content (AvgIpc) is 2.89. The van der Waals surface area contributed by atoms with Gasteiger partial charge in [-0.15, -0.1) is 0 Å². The number of rotatable bonds is 4. The van der Waals surface area contributed by atoms with Crippen LogP contribution in [0.4, 0.5) is 5.82 Å². The fourth-order valence-electron chi connectivity index (χ4n) is 1.91. The number of hydrogen-bond donors (Lipinski definition) is 2. The van der Waals surface area contributed by atoms with E-state index < -0.39 is 0 Å². The largest absolute Gasteiger partial charge is 0.368 e. The molecule has 102 valence electrons. The van der Waals surface area contributed by atoms with E-state index in [-0.39, 0.29) is 5.28 Å². The standard InChI is InChI=1S/C13H11Cl2N5/c14-9-3-1-8(2-4-9)5-6-16-11-10-12(18-7-17-10)20-13(15)19-11/h1-4,7H,5-6H2,(H2,16,17,18,19,20). The highest BCUT2D eigenvalue weighted by Gasteiger charge is 2.08.